The Bertz CT molecular complexity index is 891. The molecule has 1 aromatic heterocycles. The zero-order valence-corrected chi connectivity index (χ0v) is 17.1. The number of hydrogen-bond donors (Lipinski definition) is 0. The summed E-state index contributed by atoms with van der Waals surface area (Å²) in [6.45, 7) is 1.85. The maximum absolute atomic E-state index is 13.0. The number of aromatic nitrogens is 2. The van der Waals surface area contributed by atoms with Crippen LogP contribution < -0.4 is 9.47 Å². The summed E-state index contributed by atoms with van der Waals surface area (Å²) in [4.78, 5) is 36.9. The molecule has 0 spiro atoms. The molecule has 8 heteroatoms. The molecule has 2 aromatic rings. The smallest absolute Gasteiger partial charge is 0.274 e. The maximum atomic E-state index is 13.0. The molecule has 1 aliphatic carbocycles. The molecular formula is C22H26N4O4. The largest absolute Gasteiger partial charge is 0.493 e. The monoisotopic (exact) mass is 410 g/mol. The summed E-state index contributed by atoms with van der Waals surface area (Å²) in [5, 5.41) is 0. The summed E-state index contributed by atoms with van der Waals surface area (Å²) in [7, 11) is 1.59. The summed E-state index contributed by atoms with van der Waals surface area (Å²) in [6, 6.07) is 5.34. The van der Waals surface area contributed by atoms with Gasteiger partial charge in [-0.3, -0.25) is 14.6 Å². The lowest BCUT2D eigenvalue weighted by Gasteiger charge is -2.34. The Morgan fingerprint density at radius 2 is 1.67 bits per heavy atom. The average Bonchev–Trinajstić information content (AvgIpc) is 3.32. The molecule has 158 valence electrons. The number of carbonyl (C=O) groups is 2. The van der Waals surface area contributed by atoms with E-state index >= 15 is 0 Å². The van der Waals surface area contributed by atoms with E-state index in [0.29, 0.717) is 48.9 Å². The topological polar surface area (TPSA) is 84.9 Å². The molecule has 1 saturated heterocycles. The van der Waals surface area contributed by atoms with Crippen molar-refractivity contribution in [3.8, 4) is 11.5 Å². The standard InChI is InChI=1S/C22H26N4O4/c1-29-20-14-16(6-7-19(20)30-17-4-2-3-5-17)21(27)25-10-12-26(13-11-25)22(28)18-15-23-8-9-24-18/h6-9,14-15,17H,2-5,10-13H2,1H3. The molecule has 1 saturated carbocycles. The minimum atomic E-state index is -0.162. The molecule has 2 aliphatic rings. The van der Waals surface area contributed by atoms with Gasteiger partial charge in [0.1, 0.15) is 5.69 Å². The van der Waals surface area contributed by atoms with Crippen LogP contribution in [-0.2, 0) is 0 Å². The van der Waals surface area contributed by atoms with E-state index in [-0.39, 0.29) is 17.9 Å². The van der Waals surface area contributed by atoms with Crippen molar-refractivity contribution in [1.82, 2.24) is 19.8 Å². The number of nitrogens with zero attached hydrogens (tertiary/aromatic N) is 4. The highest BCUT2D eigenvalue weighted by atomic mass is 16.5. The van der Waals surface area contributed by atoms with Gasteiger partial charge in [0, 0.05) is 44.1 Å². The lowest BCUT2D eigenvalue weighted by atomic mass is 10.1. The van der Waals surface area contributed by atoms with E-state index in [1.165, 1.54) is 31.4 Å². The van der Waals surface area contributed by atoms with Gasteiger partial charge in [-0.25, -0.2) is 4.98 Å². The summed E-state index contributed by atoms with van der Waals surface area (Å²) in [5.74, 6) is 1.02. The zero-order valence-electron chi connectivity index (χ0n) is 17.1. The lowest BCUT2D eigenvalue weighted by Crippen LogP contribution is -2.50. The van der Waals surface area contributed by atoms with Crippen molar-refractivity contribution in [1.29, 1.82) is 0 Å². The van der Waals surface area contributed by atoms with E-state index in [9.17, 15) is 9.59 Å². The number of hydrogen-bond acceptors (Lipinski definition) is 6. The minimum absolute atomic E-state index is 0.0766. The Hall–Kier alpha value is -3.16. The molecule has 2 heterocycles. The van der Waals surface area contributed by atoms with Crippen molar-refractivity contribution in [3.63, 3.8) is 0 Å². The van der Waals surface area contributed by atoms with Crippen LogP contribution in [0.5, 0.6) is 11.5 Å². The zero-order chi connectivity index (χ0) is 20.9. The van der Waals surface area contributed by atoms with Gasteiger partial charge in [0.15, 0.2) is 11.5 Å². The Morgan fingerprint density at radius 1 is 0.967 bits per heavy atom. The first kappa shape index (κ1) is 20.1. The number of methoxy groups -OCH3 is 1. The highest BCUT2D eigenvalue weighted by Gasteiger charge is 2.27. The molecule has 0 radical (unpaired) electrons. The Kier molecular flexibility index (Phi) is 6.11. The Morgan fingerprint density at radius 3 is 2.30 bits per heavy atom. The van der Waals surface area contributed by atoms with Crippen LogP contribution in [0.25, 0.3) is 0 Å². The van der Waals surface area contributed by atoms with Gasteiger partial charge in [0.2, 0.25) is 0 Å². The van der Waals surface area contributed by atoms with Crippen LogP contribution in [0.15, 0.2) is 36.8 Å². The average molecular weight is 410 g/mol. The van der Waals surface area contributed by atoms with Crippen LogP contribution in [0.1, 0.15) is 46.5 Å². The molecule has 30 heavy (non-hydrogen) atoms. The third-order valence-electron chi connectivity index (χ3n) is 5.64. The van der Waals surface area contributed by atoms with E-state index in [1.54, 1.807) is 29.0 Å². The van der Waals surface area contributed by atoms with E-state index < -0.39 is 0 Å². The molecule has 4 rings (SSSR count). The van der Waals surface area contributed by atoms with E-state index in [2.05, 4.69) is 9.97 Å². The summed E-state index contributed by atoms with van der Waals surface area (Å²) < 4.78 is 11.5. The van der Waals surface area contributed by atoms with Crippen molar-refractivity contribution in [2.75, 3.05) is 33.3 Å². The second-order valence-electron chi connectivity index (χ2n) is 7.57. The summed E-state index contributed by atoms with van der Waals surface area (Å²) >= 11 is 0. The van der Waals surface area contributed by atoms with Gasteiger partial charge in [-0.2, -0.15) is 0 Å². The van der Waals surface area contributed by atoms with Crippen LogP contribution in [-0.4, -0.2) is 71.0 Å². The molecule has 0 bridgehead atoms. The van der Waals surface area contributed by atoms with Crippen molar-refractivity contribution in [2.45, 2.75) is 31.8 Å². The lowest BCUT2D eigenvalue weighted by molar-refractivity contribution is 0.0532. The number of amides is 2. The number of rotatable bonds is 5. The predicted molar refractivity (Wildman–Crippen MR) is 110 cm³/mol. The predicted octanol–water partition coefficient (Wildman–Crippen LogP) is 2.40. The third kappa shape index (κ3) is 4.37. The highest BCUT2D eigenvalue weighted by Crippen LogP contribution is 2.32. The fourth-order valence-corrected chi connectivity index (χ4v) is 3.95. The molecule has 2 amide bonds. The van der Waals surface area contributed by atoms with Crippen LogP contribution in [0, 0.1) is 0 Å². The summed E-state index contributed by atoms with van der Waals surface area (Å²) in [5.41, 5.74) is 0.874. The Balaban J connectivity index is 1.38. The van der Waals surface area contributed by atoms with Gasteiger partial charge >= 0.3 is 0 Å². The normalized spacial score (nSPS) is 17.1. The van der Waals surface area contributed by atoms with Gasteiger partial charge in [-0.15, -0.1) is 0 Å². The van der Waals surface area contributed by atoms with Crippen molar-refractivity contribution in [3.05, 3.63) is 48.0 Å². The number of ether oxygens (including phenoxy) is 2. The molecule has 0 atom stereocenters. The first-order valence-corrected chi connectivity index (χ1v) is 10.3. The second kappa shape index (κ2) is 9.11. The number of carbonyl (C=O) groups excluding carboxylic acids is 2. The van der Waals surface area contributed by atoms with Gasteiger partial charge in [-0.05, 0) is 43.9 Å². The van der Waals surface area contributed by atoms with Gasteiger partial charge in [0.05, 0.1) is 19.4 Å². The maximum Gasteiger partial charge on any atom is 0.274 e. The third-order valence-corrected chi connectivity index (χ3v) is 5.64. The van der Waals surface area contributed by atoms with Crippen molar-refractivity contribution in [2.24, 2.45) is 0 Å². The van der Waals surface area contributed by atoms with Crippen LogP contribution >= 0.6 is 0 Å². The summed E-state index contributed by atoms with van der Waals surface area (Å²) in [6.07, 6.45) is 9.21. The van der Waals surface area contributed by atoms with E-state index in [0.717, 1.165) is 12.8 Å². The van der Waals surface area contributed by atoms with Crippen LogP contribution in [0.4, 0.5) is 0 Å². The molecule has 1 aromatic carbocycles. The molecule has 1 aliphatic heterocycles. The van der Waals surface area contributed by atoms with Gasteiger partial charge in [0.25, 0.3) is 11.8 Å². The van der Waals surface area contributed by atoms with Gasteiger partial charge in [-0.1, -0.05) is 0 Å². The van der Waals surface area contributed by atoms with E-state index in [1.807, 2.05) is 6.07 Å². The highest BCUT2D eigenvalue weighted by molar-refractivity contribution is 5.95. The number of benzene rings is 1. The SMILES string of the molecule is COc1cc(C(=O)N2CCN(C(=O)c3cnccn3)CC2)ccc1OC1CCCC1. The quantitative estimate of drug-likeness (QED) is 0.753. The first-order valence-electron chi connectivity index (χ1n) is 10.3. The fraction of sp³-hybridized carbons (Fsp3) is 0.455. The fourth-order valence-electron chi connectivity index (χ4n) is 3.95. The Labute approximate surface area is 175 Å². The molecule has 0 N–H and O–H groups in total. The first-order chi connectivity index (χ1) is 14.7. The minimum Gasteiger partial charge on any atom is -0.493 e. The van der Waals surface area contributed by atoms with Crippen molar-refractivity contribution >= 4 is 11.8 Å². The molecule has 2 fully saturated rings. The van der Waals surface area contributed by atoms with E-state index in [4.69, 9.17) is 9.47 Å². The van der Waals surface area contributed by atoms with Gasteiger partial charge < -0.3 is 19.3 Å². The van der Waals surface area contributed by atoms with Crippen LogP contribution in [0.3, 0.4) is 0 Å². The molecule has 0 unspecified atom stereocenters. The number of piperazine rings is 1. The molecule has 8 nitrogen and oxygen atoms in total. The molecular weight excluding hydrogens is 384 g/mol. The van der Waals surface area contributed by atoms with Crippen molar-refractivity contribution < 1.29 is 19.1 Å². The van der Waals surface area contributed by atoms with Crippen LogP contribution in [0.2, 0.25) is 0 Å². The second-order valence-corrected chi connectivity index (χ2v) is 7.57.